The average Bonchev–Trinajstić information content (AvgIpc) is 2.52. The summed E-state index contributed by atoms with van der Waals surface area (Å²) in [5.41, 5.74) is 13.6. The first-order valence-corrected chi connectivity index (χ1v) is 11.1. The minimum absolute atomic E-state index is 0.0901. The fourth-order valence-electron chi connectivity index (χ4n) is 9.08. The molecule has 0 heterocycles. The lowest BCUT2D eigenvalue weighted by atomic mass is 9.50. The van der Waals surface area contributed by atoms with Crippen LogP contribution in [0, 0.1) is 40.9 Å². The van der Waals surface area contributed by atoms with Gasteiger partial charge in [0.15, 0.2) is 5.96 Å². The van der Waals surface area contributed by atoms with Crippen LogP contribution in [0.5, 0.6) is 0 Å². The second kappa shape index (κ2) is 5.16. The van der Waals surface area contributed by atoms with Crippen molar-refractivity contribution in [1.82, 2.24) is 10.6 Å². The van der Waals surface area contributed by atoms with Crippen LogP contribution in [0.3, 0.4) is 0 Å². The number of rotatable bonds is 2. The molecule has 26 heavy (non-hydrogen) atoms. The summed E-state index contributed by atoms with van der Waals surface area (Å²) >= 11 is 0. The molecule has 8 rings (SSSR count). The molecule has 8 bridgehead atoms. The Morgan fingerprint density at radius 1 is 0.654 bits per heavy atom. The van der Waals surface area contributed by atoms with Crippen molar-refractivity contribution in [3.8, 4) is 0 Å². The van der Waals surface area contributed by atoms with E-state index in [1.165, 1.54) is 38.5 Å². The molecule has 0 spiro atoms. The third-order valence-corrected chi connectivity index (χ3v) is 9.33. The van der Waals surface area contributed by atoms with Crippen molar-refractivity contribution in [2.75, 3.05) is 0 Å². The van der Waals surface area contributed by atoms with Crippen molar-refractivity contribution in [1.29, 1.82) is 5.41 Å². The van der Waals surface area contributed by atoms with Gasteiger partial charge < -0.3 is 22.1 Å². The predicted molar refractivity (Wildman–Crippen MR) is 103 cm³/mol. The van der Waals surface area contributed by atoms with Crippen LogP contribution >= 0.6 is 0 Å². The Hall–Kier alpha value is -0.810. The van der Waals surface area contributed by atoms with Gasteiger partial charge in [-0.05, 0) is 99.7 Å². The first-order chi connectivity index (χ1) is 12.4. The fourth-order valence-corrected chi connectivity index (χ4v) is 9.08. The molecule has 0 radical (unpaired) electrons. The highest BCUT2D eigenvalue weighted by Crippen LogP contribution is 2.56. The summed E-state index contributed by atoms with van der Waals surface area (Å²) in [6.07, 6.45) is 12.7. The van der Waals surface area contributed by atoms with Crippen molar-refractivity contribution in [3.05, 3.63) is 0 Å². The molecule has 6 unspecified atom stereocenters. The van der Waals surface area contributed by atoms with Crippen LogP contribution in [0.1, 0.15) is 64.2 Å². The lowest BCUT2D eigenvalue weighted by Gasteiger charge is -2.61. The Labute approximate surface area is 156 Å². The van der Waals surface area contributed by atoms with Gasteiger partial charge in [-0.15, -0.1) is 0 Å². The Bertz CT molecular complexity index is 552. The van der Waals surface area contributed by atoms with Crippen LogP contribution < -0.4 is 22.1 Å². The van der Waals surface area contributed by atoms with Gasteiger partial charge in [0, 0.05) is 23.2 Å². The van der Waals surface area contributed by atoms with Crippen LogP contribution in [-0.4, -0.2) is 29.1 Å². The maximum absolute atomic E-state index is 8.68. The van der Waals surface area contributed by atoms with Gasteiger partial charge in [0.2, 0.25) is 0 Å². The average molecular weight is 358 g/mol. The summed E-state index contributed by atoms with van der Waals surface area (Å²) in [6, 6.07) is 0.557. The van der Waals surface area contributed by atoms with Crippen LogP contribution in [-0.2, 0) is 0 Å². The van der Waals surface area contributed by atoms with E-state index >= 15 is 0 Å². The van der Waals surface area contributed by atoms with E-state index in [1.807, 2.05) is 0 Å². The molecule has 8 fully saturated rings. The smallest absolute Gasteiger partial charge is 0.188 e. The minimum atomic E-state index is -0.0901. The summed E-state index contributed by atoms with van der Waals surface area (Å²) < 4.78 is 0. The predicted octanol–water partition coefficient (Wildman–Crippen LogP) is 1.91. The summed E-state index contributed by atoms with van der Waals surface area (Å²) in [5, 5.41) is 15.8. The molecule has 0 aromatic rings. The number of hydrogen-bond acceptors (Lipinski definition) is 3. The molecule has 8 aliphatic rings. The fraction of sp³-hybridized carbons (Fsp3) is 0.952. The van der Waals surface area contributed by atoms with Crippen molar-refractivity contribution < 1.29 is 0 Å². The van der Waals surface area contributed by atoms with Crippen LogP contribution in [0.15, 0.2) is 0 Å². The normalized spacial score (nSPS) is 58.8. The van der Waals surface area contributed by atoms with E-state index in [4.69, 9.17) is 16.9 Å². The molecular formula is C21H35N5. The Morgan fingerprint density at radius 2 is 1.00 bits per heavy atom. The number of guanidine groups is 1. The summed E-state index contributed by atoms with van der Waals surface area (Å²) in [4.78, 5) is 0. The molecule has 0 aromatic heterocycles. The molecule has 8 saturated carbocycles. The monoisotopic (exact) mass is 357 g/mol. The highest BCUT2D eigenvalue weighted by Gasteiger charge is 2.57. The molecule has 7 N–H and O–H groups in total. The van der Waals surface area contributed by atoms with Gasteiger partial charge in [0.05, 0.1) is 0 Å². The van der Waals surface area contributed by atoms with Gasteiger partial charge in [-0.25, -0.2) is 0 Å². The third kappa shape index (κ3) is 2.25. The second-order valence-electron chi connectivity index (χ2n) is 11.3. The number of hydrogen-bond donors (Lipinski definition) is 5. The van der Waals surface area contributed by atoms with Crippen molar-refractivity contribution >= 4 is 5.96 Å². The molecule has 5 heteroatoms. The van der Waals surface area contributed by atoms with E-state index in [-0.39, 0.29) is 23.2 Å². The van der Waals surface area contributed by atoms with E-state index in [2.05, 4.69) is 10.6 Å². The molecule has 0 saturated heterocycles. The zero-order chi connectivity index (χ0) is 17.7. The largest absolute Gasteiger partial charge is 0.352 e. The van der Waals surface area contributed by atoms with Crippen molar-refractivity contribution in [2.24, 2.45) is 47.0 Å². The molecule has 0 aromatic carbocycles. The van der Waals surface area contributed by atoms with E-state index in [0.717, 1.165) is 49.4 Å². The Morgan fingerprint density at radius 3 is 1.31 bits per heavy atom. The van der Waals surface area contributed by atoms with Gasteiger partial charge in [0.25, 0.3) is 0 Å². The Kier molecular flexibility index (Phi) is 3.21. The molecule has 0 amide bonds. The summed E-state index contributed by atoms with van der Waals surface area (Å²) in [6.45, 7) is 0. The molecular weight excluding hydrogens is 322 g/mol. The zero-order valence-corrected chi connectivity index (χ0v) is 15.8. The van der Waals surface area contributed by atoms with E-state index in [1.54, 1.807) is 0 Å². The van der Waals surface area contributed by atoms with Gasteiger partial charge in [0.1, 0.15) is 0 Å². The number of nitrogens with two attached hydrogens (primary N) is 2. The quantitative estimate of drug-likeness (QED) is 0.385. The standard InChI is InChI=1S/C21H35N5/c22-19(25-17-15-3-11-1-12(4-15)8-20(17,23)7-11)26-18-16-5-13-2-14(6-16)10-21(18,24)9-13/h11-18H,1-10,23-24H2,(H3,22,25,26). The van der Waals surface area contributed by atoms with Crippen LogP contribution in [0.4, 0.5) is 0 Å². The van der Waals surface area contributed by atoms with Crippen molar-refractivity contribution in [2.45, 2.75) is 87.4 Å². The highest BCUT2D eigenvalue weighted by atomic mass is 15.2. The van der Waals surface area contributed by atoms with Gasteiger partial charge in [-0.1, -0.05) is 0 Å². The lowest BCUT2D eigenvalue weighted by Crippen LogP contribution is -2.74. The Balaban J connectivity index is 1.17. The first kappa shape index (κ1) is 16.2. The summed E-state index contributed by atoms with van der Waals surface area (Å²) in [5.74, 6) is 5.19. The van der Waals surface area contributed by atoms with E-state index in [9.17, 15) is 0 Å². The summed E-state index contributed by atoms with van der Waals surface area (Å²) in [7, 11) is 0. The minimum Gasteiger partial charge on any atom is -0.352 e. The molecule has 5 nitrogen and oxygen atoms in total. The first-order valence-electron chi connectivity index (χ1n) is 11.1. The van der Waals surface area contributed by atoms with Gasteiger partial charge >= 0.3 is 0 Å². The number of nitrogens with one attached hydrogen (secondary N) is 3. The zero-order valence-electron chi connectivity index (χ0n) is 15.8. The second-order valence-corrected chi connectivity index (χ2v) is 11.3. The highest BCUT2D eigenvalue weighted by molar-refractivity contribution is 5.77. The molecule has 144 valence electrons. The van der Waals surface area contributed by atoms with Crippen LogP contribution in [0.2, 0.25) is 0 Å². The third-order valence-electron chi connectivity index (χ3n) is 9.33. The molecule has 0 aliphatic heterocycles. The SMILES string of the molecule is N=C(NC1C2CC3CC(C2)CC1(N)C3)NC1C2CC3CC(C2)CC1(N)C3. The van der Waals surface area contributed by atoms with E-state index in [0.29, 0.717) is 17.8 Å². The van der Waals surface area contributed by atoms with Gasteiger partial charge in [-0.2, -0.15) is 0 Å². The topological polar surface area (TPSA) is 100.0 Å². The molecule has 8 aliphatic carbocycles. The van der Waals surface area contributed by atoms with E-state index < -0.39 is 0 Å². The molecule has 6 atom stereocenters. The maximum Gasteiger partial charge on any atom is 0.188 e. The van der Waals surface area contributed by atoms with Gasteiger partial charge in [-0.3, -0.25) is 5.41 Å². The maximum atomic E-state index is 8.68. The van der Waals surface area contributed by atoms with Crippen LogP contribution in [0.25, 0.3) is 0 Å². The lowest BCUT2D eigenvalue weighted by molar-refractivity contribution is -0.0317. The van der Waals surface area contributed by atoms with Crippen molar-refractivity contribution in [3.63, 3.8) is 0 Å².